The molecule has 0 unspecified atom stereocenters. The maximum atomic E-state index is 13.5. The Bertz CT molecular complexity index is 675. The lowest BCUT2D eigenvalue weighted by atomic mass is 10.1. The molecule has 0 saturated heterocycles. The molecule has 21 heavy (non-hydrogen) atoms. The van der Waals surface area contributed by atoms with Crippen LogP contribution in [-0.4, -0.2) is 13.0 Å². The first-order valence-electron chi connectivity index (χ1n) is 6.19. The number of rotatable bonds is 4. The summed E-state index contributed by atoms with van der Waals surface area (Å²) in [7, 11) is 1.51. The molecule has 1 amide bonds. The molecule has 4 nitrogen and oxygen atoms in total. The molecule has 0 saturated carbocycles. The van der Waals surface area contributed by atoms with Crippen molar-refractivity contribution in [1.29, 1.82) is 0 Å². The van der Waals surface area contributed by atoms with Crippen LogP contribution in [-0.2, 0) is 6.61 Å². The molecule has 110 valence electrons. The number of benzene rings is 2. The lowest BCUT2D eigenvalue weighted by Gasteiger charge is -2.11. The molecular weight excluding hydrogens is 278 g/mol. The van der Waals surface area contributed by atoms with Crippen LogP contribution in [0.3, 0.4) is 0 Å². The average Bonchev–Trinajstić information content (AvgIpc) is 2.47. The van der Waals surface area contributed by atoms with E-state index in [2.05, 4.69) is 5.32 Å². The molecule has 3 N–H and O–H groups in total. The van der Waals surface area contributed by atoms with Gasteiger partial charge in [-0.3, -0.25) is 4.79 Å². The molecule has 0 fully saturated rings. The van der Waals surface area contributed by atoms with Gasteiger partial charge in [0.15, 0.2) is 0 Å². The lowest BCUT2D eigenvalue weighted by Crippen LogP contribution is -2.17. The molecule has 2 aromatic rings. The van der Waals surface area contributed by atoms with Crippen LogP contribution in [0.15, 0.2) is 36.4 Å². The third-order valence-electron chi connectivity index (χ3n) is 2.90. The van der Waals surface area contributed by atoms with Gasteiger partial charge >= 0.3 is 0 Å². The molecule has 0 atom stereocenters. The van der Waals surface area contributed by atoms with Gasteiger partial charge in [0.05, 0.1) is 5.69 Å². The number of nitrogen functional groups attached to an aromatic ring is 1. The molecule has 0 heterocycles. The van der Waals surface area contributed by atoms with E-state index in [1.54, 1.807) is 6.07 Å². The number of carbonyl (C=O) groups is 1. The fourth-order valence-corrected chi connectivity index (χ4v) is 1.74. The second kappa shape index (κ2) is 6.21. The summed E-state index contributed by atoms with van der Waals surface area (Å²) in [5.74, 6) is -1.37. The molecule has 0 aromatic heterocycles. The van der Waals surface area contributed by atoms with E-state index in [1.165, 1.54) is 25.2 Å². The Labute approximate surface area is 120 Å². The van der Waals surface area contributed by atoms with Gasteiger partial charge in [-0.2, -0.15) is 0 Å². The van der Waals surface area contributed by atoms with Crippen LogP contribution in [0.2, 0.25) is 0 Å². The summed E-state index contributed by atoms with van der Waals surface area (Å²) in [6, 6.07) is 7.77. The summed E-state index contributed by atoms with van der Waals surface area (Å²) in [5.41, 5.74) is 6.64. The highest BCUT2D eigenvalue weighted by Crippen LogP contribution is 2.24. The summed E-state index contributed by atoms with van der Waals surface area (Å²) < 4.78 is 31.7. The van der Waals surface area contributed by atoms with E-state index in [1.807, 2.05) is 0 Å². The number of hydrogen-bond acceptors (Lipinski definition) is 3. The van der Waals surface area contributed by atoms with Gasteiger partial charge in [-0.1, -0.05) is 0 Å². The van der Waals surface area contributed by atoms with Crippen LogP contribution in [0, 0.1) is 11.6 Å². The first-order valence-corrected chi connectivity index (χ1v) is 6.19. The van der Waals surface area contributed by atoms with Crippen molar-refractivity contribution in [2.45, 2.75) is 6.61 Å². The first-order chi connectivity index (χ1) is 10.0. The predicted octanol–water partition coefficient (Wildman–Crippen LogP) is 2.49. The van der Waals surface area contributed by atoms with Gasteiger partial charge in [0.2, 0.25) is 0 Å². The molecule has 0 spiro atoms. The lowest BCUT2D eigenvalue weighted by molar-refractivity contribution is 0.0962. The van der Waals surface area contributed by atoms with Crippen molar-refractivity contribution in [3.63, 3.8) is 0 Å². The highest BCUT2D eigenvalue weighted by Gasteiger charge is 2.10. The van der Waals surface area contributed by atoms with Crippen LogP contribution in [0.4, 0.5) is 14.5 Å². The maximum Gasteiger partial charge on any atom is 0.251 e. The molecule has 0 aliphatic rings. The van der Waals surface area contributed by atoms with Crippen LogP contribution in [0.25, 0.3) is 0 Å². The first kappa shape index (κ1) is 14.8. The Balaban J connectivity index is 2.17. The smallest absolute Gasteiger partial charge is 0.251 e. The van der Waals surface area contributed by atoms with E-state index in [0.717, 1.165) is 12.1 Å². The SMILES string of the molecule is CNC(=O)c1ccc(N)c(OCc2ccc(F)cc2F)c1. The Kier molecular flexibility index (Phi) is 4.37. The monoisotopic (exact) mass is 292 g/mol. The Morgan fingerprint density at radius 3 is 2.67 bits per heavy atom. The van der Waals surface area contributed by atoms with Gasteiger partial charge in [0.1, 0.15) is 24.0 Å². The number of amides is 1. The Morgan fingerprint density at radius 1 is 1.24 bits per heavy atom. The van der Waals surface area contributed by atoms with Gasteiger partial charge < -0.3 is 15.8 Å². The summed E-state index contributed by atoms with van der Waals surface area (Å²) in [5, 5.41) is 2.48. The van der Waals surface area contributed by atoms with Gasteiger partial charge in [-0.25, -0.2) is 8.78 Å². The zero-order chi connectivity index (χ0) is 15.4. The number of carbonyl (C=O) groups excluding carboxylic acids is 1. The van der Waals surface area contributed by atoms with Crippen molar-refractivity contribution in [2.75, 3.05) is 12.8 Å². The van der Waals surface area contributed by atoms with E-state index in [0.29, 0.717) is 11.3 Å². The summed E-state index contributed by atoms with van der Waals surface area (Å²) >= 11 is 0. The van der Waals surface area contributed by atoms with Gasteiger partial charge in [-0.15, -0.1) is 0 Å². The summed E-state index contributed by atoms with van der Waals surface area (Å²) in [6.45, 7) is -0.118. The zero-order valence-electron chi connectivity index (χ0n) is 11.3. The highest BCUT2D eigenvalue weighted by atomic mass is 19.1. The maximum absolute atomic E-state index is 13.5. The molecule has 2 aromatic carbocycles. The van der Waals surface area contributed by atoms with Crippen LogP contribution in [0.5, 0.6) is 5.75 Å². The zero-order valence-corrected chi connectivity index (χ0v) is 11.3. The molecule has 0 radical (unpaired) electrons. The standard InChI is InChI=1S/C15H14F2N2O2/c1-19-15(20)9-3-5-13(18)14(6-9)21-8-10-2-4-11(16)7-12(10)17/h2-7H,8,18H2,1H3,(H,19,20). The quantitative estimate of drug-likeness (QED) is 0.851. The van der Waals surface area contributed by atoms with E-state index in [-0.39, 0.29) is 23.8 Å². The Hall–Kier alpha value is -2.63. The van der Waals surface area contributed by atoms with Crippen LogP contribution < -0.4 is 15.8 Å². The molecule has 2 rings (SSSR count). The number of halogens is 2. The highest BCUT2D eigenvalue weighted by molar-refractivity contribution is 5.95. The van der Waals surface area contributed by atoms with Gasteiger partial charge in [-0.05, 0) is 30.3 Å². The number of ether oxygens (including phenoxy) is 1. The fraction of sp³-hybridized carbons (Fsp3) is 0.133. The number of anilines is 1. The van der Waals surface area contributed by atoms with E-state index in [4.69, 9.17) is 10.5 Å². The number of nitrogens with one attached hydrogen (secondary N) is 1. The van der Waals surface area contributed by atoms with Crippen molar-refractivity contribution in [2.24, 2.45) is 0 Å². The third-order valence-corrected chi connectivity index (χ3v) is 2.90. The second-order valence-electron chi connectivity index (χ2n) is 4.36. The summed E-state index contributed by atoms with van der Waals surface area (Å²) in [6.07, 6.45) is 0. The van der Waals surface area contributed by atoms with Gasteiger partial charge in [0.25, 0.3) is 5.91 Å². The molecule has 0 aliphatic carbocycles. The third kappa shape index (κ3) is 3.47. The summed E-state index contributed by atoms with van der Waals surface area (Å²) in [4.78, 5) is 11.5. The average molecular weight is 292 g/mol. The van der Waals surface area contributed by atoms with Crippen molar-refractivity contribution in [3.8, 4) is 5.75 Å². The fourth-order valence-electron chi connectivity index (χ4n) is 1.74. The normalized spacial score (nSPS) is 10.2. The van der Waals surface area contributed by atoms with E-state index in [9.17, 15) is 13.6 Å². The minimum Gasteiger partial charge on any atom is -0.487 e. The number of nitrogens with two attached hydrogens (primary N) is 1. The molecule has 6 heteroatoms. The minimum atomic E-state index is -0.698. The molecule has 0 bridgehead atoms. The van der Waals surface area contributed by atoms with E-state index >= 15 is 0 Å². The minimum absolute atomic E-state index is 0.118. The molecule has 0 aliphatic heterocycles. The van der Waals surface area contributed by atoms with Gasteiger partial charge in [0, 0.05) is 24.2 Å². The van der Waals surface area contributed by atoms with Crippen LogP contribution in [0.1, 0.15) is 15.9 Å². The number of hydrogen-bond donors (Lipinski definition) is 2. The van der Waals surface area contributed by atoms with E-state index < -0.39 is 11.6 Å². The topological polar surface area (TPSA) is 64.4 Å². The van der Waals surface area contributed by atoms with Crippen LogP contribution >= 0.6 is 0 Å². The second-order valence-corrected chi connectivity index (χ2v) is 4.36. The van der Waals surface area contributed by atoms with Crippen molar-refractivity contribution < 1.29 is 18.3 Å². The van der Waals surface area contributed by atoms with Crippen molar-refractivity contribution >= 4 is 11.6 Å². The van der Waals surface area contributed by atoms with Crippen molar-refractivity contribution in [1.82, 2.24) is 5.32 Å². The van der Waals surface area contributed by atoms with Crippen molar-refractivity contribution in [3.05, 3.63) is 59.2 Å². The predicted molar refractivity (Wildman–Crippen MR) is 74.9 cm³/mol. The molecular formula is C15H14F2N2O2. The largest absolute Gasteiger partial charge is 0.487 e. The Morgan fingerprint density at radius 2 is 2.00 bits per heavy atom.